The second-order valence-electron chi connectivity index (χ2n) is 5.53. The second-order valence-corrected chi connectivity index (χ2v) is 5.53. The van der Waals surface area contributed by atoms with Crippen molar-refractivity contribution in [2.75, 3.05) is 17.6 Å². The highest BCUT2D eigenvalue weighted by molar-refractivity contribution is 5.53. The Labute approximate surface area is 102 Å². The summed E-state index contributed by atoms with van der Waals surface area (Å²) in [5, 5.41) is 13.0. The van der Waals surface area contributed by atoms with E-state index < -0.39 is 6.10 Å². The van der Waals surface area contributed by atoms with Crippen LogP contribution in [-0.4, -0.2) is 27.7 Å². The Morgan fingerprint density at radius 2 is 2.06 bits per heavy atom. The molecule has 0 saturated carbocycles. The van der Waals surface area contributed by atoms with Gasteiger partial charge in [-0.3, -0.25) is 0 Å². The van der Waals surface area contributed by atoms with E-state index in [0.717, 1.165) is 12.0 Å². The van der Waals surface area contributed by atoms with Gasteiger partial charge in [0.05, 0.1) is 6.10 Å². The molecule has 0 bridgehead atoms. The van der Waals surface area contributed by atoms with Gasteiger partial charge in [0.15, 0.2) is 0 Å². The van der Waals surface area contributed by atoms with Crippen LogP contribution in [0.3, 0.4) is 0 Å². The smallest absolute Gasteiger partial charge is 0.134 e. The zero-order chi connectivity index (χ0) is 13.1. The van der Waals surface area contributed by atoms with Crippen LogP contribution < -0.4 is 11.1 Å². The summed E-state index contributed by atoms with van der Waals surface area (Å²) in [6, 6.07) is 0. The molecule has 17 heavy (non-hydrogen) atoms. The summed E-state index contributed by atoms with van der Waals surface area (Å²) in [5.41, 5.74) is 6.60. The number of rotatable bonds is 4. The third kappa shape index (κ3) is 4.56. The van der Waals surface area contributed by atoms with Gasteiger partial charge in [-0.1, -0.05) is 20.8 Å². The number of aliphatic hydroxyl groups excluding tert-OH is 1. The number of hydrogen-bond acceptors (Lipinski definition) is 5. The first-order chi connectivity index (χ1) is 7.79. The van der Waals surface area contributed by atoms with E-state index in [4.69, 9.17) is 5.73 Å². The van der Waals surface area contributed by atoms with Crippen LogP contribution in [-0.2, 0) is 0 Å². The number of aliphatic hydroxyl groups is 1. The first-order valence-corrected chi connectivity index (χ1v) is 5.78. The first-order valence-electron chi connectivity index (χ1n) is 5.78. The Morgan fingerprint density at radius 3 is 2.65 bits per heavy atom. The lowest BCUT2D eigenvalue weighted by atomic mass is 9.89. The van der Waals surface area contributed by atoms with Gasteiger partial charge in [0.25, 0.3) is 0 Å². The van der Waals surface area contributed by atoms with Crippen molar-refractivity contribution in [2.24, 2.45) is 5.41 Å². The molecular formula is C12H22N4O. The lowest BCUT2D eigenvalue weighted by Gasteiger charge is -2.22. The fourth-order valence-corrected chi connectivity index (χ4v) is 1.64. The predicted molar refractivity (Wildman–Crippen MR) is 69.7 cm³/mol. The summed E-state index contributed by atoms with van der Waals surface area (Å²) in [6.45, 7) is 8.63. The summed E-state index contributed by atoms with van der Waals surface area (Å²) in [5.74, 6) is 1.15. The first kappa shape index (κ1) is 13.7. The highest BCUT2D eigenvalue weighted by Crippen LogP contribution is 2.21. The Balaban J connectivity index is 2.53. The lowest BCUT2D eigenvalue weighted by molar-refractivity contribution is 0.132. The minimum Gasteiger partial charge on any atom is -0.391 e. The van der Waals surface area contributed by atoms with Crippen LogP contribution in [0.15, 0.2) is 6.33 Å². The summed E-state index contributed by atoms with van der Waals surface area (Å²) in [6.07, 6.45) is 1.76. The Bertz CT molecular complexity index is 373. The zero-order valence-electron chi connectivity index (χ0n) is 11.0. The molecule has 4 N–H and O–H groups in total. The van der Waals surface area contributed by atoms with Crippen LogP contribution in [0.25, 0.3) is 0 Å². The van der Waals surface area contributed by atoms with Gasteiger partial charge in [0.2, 0.25) is 0 Å². The standard InChI is InChI=1S/C12H22N4O/c1-8-10(13)15-7-16-11(8)14-6-9(17)5-12(2,3)4/h7,9,17H,5-6H2,1-4H3,(H3,13,14,15,16). The maximum absolute atomic E-state index is 9.87. The van der Waals surface area contributed by atoms with Crippen molar-refractivity contribution in [3.8, 4) is 0 Å². The van der Waals surface area contributed by atoms with E-state index in [-0.39, 0.29) is 5.41 Å². The highest BCUT2D eigenvalue weighted by atomic mass is 16.3. The molecule has 5 heteroatoms. The van der Waals surface area contributed by atoms with Gasteiger partial charge in [0, 0.05) is 12.1 Å². The number of nitrogen functional groups attached to an aromatic ring is 1. The van der Waals surface area contributed by atoms with E-state index in [1.807, 2.05) is 6.92 Å². The van der Waals surface area contributed by atoms with Gasteiger partial charge in [-0.25, -0.2) is 9.97 Å². The van der Waals surface area contributed by atoms with Crippen LogP contribution in [0, 0.1) is 12.3 Å². The van der Waals surface area contributed by atoms with E-state index in [9.17, 15) is 5.11 Å². The number of nitrogens with one attached hydrogen (secondary N) is 1. The molecule has 1 atom stereocenters. The molecule has 1 aromatic heterocycles. The van der Waals surface area contributed by atoms with Crippen molar-refractivity contribution < 1.29 is 5.11 Å². The van der Waals surface area contributed by atoms with Crippen LogP contribution in [0.4, 0.5) is 11.6 Å². The average molecular weight is 238 g/mol. The van der Waals surface area contributed by atoms with Crippen molar-refractivity contribution >= 4 is 11.6 Å². The second kappa shape index (κ2) is 5.31. The number of aromatic nitrogens is 2. The monoisotopic (exact) mass is 238 g/mol. The van der Waals surface area contributed by atoms with Gasteiger partial charge < -0.3 is 16.2 Å². The molecule has 0 aliphatic rings. The molecule has 0 saturated heterocycles. The van der Waals surface area contributed by atoms with Gasteiger partial charge in [-0.05, 0) is 18.8 Å². The van der Waals surface area contributed by atoms with Gasteiger partial charge >= 0.3 is 0 Å². The summed E-state index contributed by atoms with van der Waals surface area (Å²) in [4.78, 5) is 7.98. The number of nitrogens with two attached hydrogens (primary N) is 1. The quantitative estimate of drug-likeness (QED) is 0.741. The number of anilines is 2. The molecule has 5 nitrogen and oxygen atoms in total. The molecule has 0 radical (unpaired) electrons. The number of nitrogens with zero attached hydrogens (tertiary/aromatic N) is 2. The minimum atomic E-state index is -0.398. The fourth-order valence-electron chi connectivity index (χ4n) is 1.64. The molecule has 0 spiro atoms. The van der Waals surface area contributed by atoms with E-state index >= 15 is 0 Å². The lowest BCUT2D eigenvalue weighted by Crippen LogP contribution is -2.25. The van der Waals surface area contributed by atoms with E-state index in [2.05, 4.69) is 36.1 Å². The highest BCUT2D eigenvalue weighted by Gasteiger charge is 2.16. The molecule has 0 aromatic carbocycles. The zero-order valence-corrected chi connectivity index (χ0v) is 11.0. The number of hydrogen-bond donors (Lipinski definition) is 3. The molecule has 1 heterocycles. The van der Waals surface area contributed by atoms with Crippen molar-refractivity contribution in [1.29, 1.82) is 0 Å². The van der Waals surface area contributed by atoms with Gasteiger partial charge in [-0.2, -0.15) is 0 Å². The predicted octanol–water partition coefficient (Wildman–Crippen LogP) is 1.58. The topological polar surface area (TPSA) is 84.1 Å². The van der Waals surface area contributed by atoms with Crippen LogP contribution in [0.1, 0.15) is 32.8 Å². The van der Waals surface area contributed by atoms with Crippen molar-refractivity contribution in [3.63, 3.8) is 0 Å². The molecule has 0 aliphatic heterocycles. The minimum absolute atomic E-state index is 0.112. The van der Waals surface area contributed by atoms with E-state index in [1.165, 1.54) is 6.33 Å². The third-order valence-electron chi connectivity index (χ3n) is 2.48. The summed E-state index contributed by atoms with van der Waals surface area (Å²) in [7, 11) is 0. The Kier molecular flexibility index (Phi) is 4.28. The molecule has 0 fully saturated rings. The van der Waals surface area contributed by atoms with Crippen LogP contribution in [0.2, 0.25) is 0 Å². The van der Waals surface area contributed by atoms with Crippen molar-refractivity contribution in [3.05, 3.63) is 11.9 Å². The molecule has 1 unspecified atom stereocenters. The Hall–Kier alpha value is -1.36. The molecule has 96 valence electrons. The molecule has 1 aromatic rings. The van der Waals surface area contributed by atoms with Crippen molar-refractivity contribution in [2.45, 2.75) is 40.2 Å². The fraction of sp³-hybridized carbons (Fsp3) is 0.667. The summed E-state index contributed by atoms with van der Waals surface area (Å²) >= 11 is 0. The molecule has 0 aliphatic carbocycles. The van der Waals surface area contributed by atoms with E-state index in [1.54, 1.807) is 0 Å². The Morgan fingerprint density at radius 1 is 1.41 bits per heavy atom. The van der Waals surface area contributed by atoms with E-state index in [0.29, 0.717) is 18.2 Å². The maximum atomic E-state index is 9.87. The third-order valence-corrected chi connectivity index (χ3v) is 2.48. The normalized spacial score (nSPS) is 13.5. The summed E-state index contributed by atoms with van der Waals surface area (Å²) < 4.78 is 0. The SMILES string of the molecule is Cc1c(N)ncnc1NCC(O)CC(C)(C)C. The van der Waals surface area contributed by atoms with Gasteiger partial charge in [0.1, 0.15) is 18.0 Å². The van der Waals surface area contributed by atoms with Crippen LogP contribution in [0.5, 0.6) is 0 Å². The van der Waals surface area contributed by atoms with Gasteiger partial charge in [-0.15, -0.1) is 0 Å². The molecular weight excluding hydrogens is 216 g/mol. The average Bonchev–Trinajstić information content (AvgIpc) is 2.18. The molecule has 1 rings (SSSR count). The maximum Gasteiger partial charge on any atom is 0.134 e. The van der Waals surface area contributed by atoms with Crippen LogP contribution >= 0.6 is 0 Å². The largest absolute Gasteiger partial charge is 0.391 e. The molecule has 0 amide bonds. The van der Waals surface area contributed by atoms with Crippen molar-refractivity contribution in [1.82, 2.24) is 9.97 Å².